The van der Waals surface area contributed by atoms with Crippen LogP contribution in [0, 0.1) is 0 Å². The van der Waals surface area contributed by atoms with Crippen LogP contribution >= 0.6 is 0 Å². The van der Waals surface area contributed by atoms with E-state index in [1.165, 1.54) is 11.3 Å². The molecule has 3 heteroatoms. The van der Waals surface area contributed by atoms with Gasteiger partial charge in [-0.3, -0.25) is 4.79 Å². The van der Waals surface area contributed by atoms with E-state index < -0.39 is 0 Å². The van der Waals surface area contributed by atoms with Crippen molar-refractivity contribution in [2.45, 2.75) is 25.3 Å². The largest absolute Gasteiger partial charge is 0.382 e. The van der Waals surface area contributed by atoms with Crippen molar-refractivity contribution in [3.05, 3.63) is 29.8 Å². The summed E-state index contributed by atoms with van der Waals surface area (Å²) in [5, 5.41) is 3.46. The zero-order valence-electron chi connectivity index (χ0n) is 9.86. The minimum atomic E-state index is 0.206. The number of anilines is 1. The molecule has 16 heavy (non-hydrogen) atoms. The molecular formula is C13H18N2O. The first-order valence-corrected chi connectivity index (χ1v) is 5.71. The Hall–Kier alpha value is -1.51. The van der Waals surface area contributed by atoms with Crippen molar-refractivity contribution in [1.29, 1.82) is 0 Å². The Morgan fingerprint density at radius 1 is 1.44 bits per heavy atom. The Balaban J connectivity index is 1.86. The van der Waals surface area contributed by atoms with Crippen LogP contribution in [0.1, 0.15) is 18.4 Å². The fourth-order valence-electron chi connectivity index (χ4n) is 2.07. The van der Waals surface area contributed by atoms with Gasteiger partial charge < -0.3 is 10.2 Å². The zero-order valence-corrected chi connectivity index (χ0v) is 9.86. The molecule has 1 amide bonds. The zero-order chi connectivity index (χ0) is 11.5. The van der Waals surface area contributed by atoms with Crippen LogP contribution in [0.4, 0.5) is 5.69 Å². The molecule has 1 N–H and O–H groups in total. The topological polar surface area (TPSA) is 32.3 Å². The lowest BCUT2D eigenvalue weighted by molar-refractivity contribution is -0.128. The fraction of sp³-hybridized carbons (Fsp3) is 0.462. The SMILES string of the molecule is CN(C)C(=O)CCC1Cc2ccccc2N1. The lowest BCUT2D eigenvalue weighted by Crippen LogP contribution is -2.24. The number of amides is 1. The van der Waals surface area contributed by atoms with Crippen molar-refractivity contribution in [3.63, 3.8) is 0 Å². The molecule has 0 spiro atoms. The van der Waals surface area contributed by atoms with Crippen LogP contribution < -0.4 is 5.32 Å². The number of rotatable bonds is 3. The van der Waals surface area contributed by atoms with Crippen molar-refractivity contribution >= 4 is 11.6 Å². The molecule has 1 unspecified atom stereocenters. The van der Waals surface area contributed by atoms with Gasteiger partial charge in [-0.15, -0.1) is 0 Å². The predicted octanol–water partition coefficient (Wildman–Crippen LogP) is 1.89. The number of nitrogens with zero attached hydrogens (tertiary/aromatic N) is 1. The molecule has 1 heterocycles. The van der Waals surface area contributed by atoms with Gasteiger partial charge in [0.25, 0.3) is 0 Å². The van der Waals surface area contributed by atoms with E-state index in [9.17, 15) is 4.79 Å². The molecule has 0 bridgehead atoms. The summed E-state index contributed by atoms with van der Waals surface area (Å²) in [5.41, 5.74) is 2.59. The van der Waals surface area contributed by atoms with Gasteiger partial charge in [0.15, 0.2) is 0 Å². The molecule has 1 aromatic carbocycles. The summed E-state index contributed by atoms with van der Waals surface area (Å²) in [6.45, 7) is 0. The van der Waals surface area contributed by atoms with E-state index in [1.807, 2.05) is 6.07 Å². The highest BCUT2D eigenvalue weighted by Crippen LogP contribution is 2.27. The maximum absolute atomic E-state index is 11.5. The molecule has 0 aliphatic carbocycles. The Morgan fingerprint density at radius 3 is 2.88 bits per heavy atom. The van der Waals surface area contributed by atoms with Crippen LogP contribution in [0.2, 0.25) is 0 Å². The highest BCUT2D eigenvalue weighted by molar-refractivity contribution is 5.75. The monoisotopic (exact) mass is 218 g/mol. The average molecular weight is 218 g/mol. The van der Waals surface area contributed by atoms with Gasteiger partial charge in [0, 0.05) is 32.2 Å². The van der Waals surface area contributed by atoms with Gasteiger partial charge in [0.2, 0.25) is 5.91 Å². The standard InChI is InChI=1S/C13H18N2O/c1-15(2)13(16)8-7-11-9-10-5-3-4-6-12(10)14-11/h3-6,11,14H,7-9H2,1-2H3. The van der Waals surface area contributed by atoms with Gasteiger partial charge in [-0.1, -0.05) is 18.2 Å². The summed E-state index contributed by atoms with van der Waals surface area (Å²) >= 11 is 0. The van der Waals surface area contributed by atoms with Crippen molar-refractivity contribution in [1.82, 2.24) is 4.90 Å². The third kappa shape index (κ3) is 2.35. The highest BCUT2D eigenvalue weighted by Gasteiger charge is 2.20. The number of hydrogen-bond donors (Lipinski definition) is 1. The molecule has 0 saturated carbocycles. The molecular weight excluding hydrogens is 200 g/mol. The summed E-state index contributed by atoms with van der Waals surface area (Å²) in [7, 11) is 3.61. The van der Waals surface area contributed by atoms with E-state index in [0.29, 0.717) is 12.5 Å². The minimum Gasteiger partial charge on any atom is -0.382 e. The van der Waals surface area contributed by atoms with Crippen LogP contribution in [0.3, 0.4) is 0 Å². The van der Waals surface area contributed by atoms with Crippen LogP contribution in [-0.4, -0.2) is 30.9 Å². The lowest BCUT2D eigenvalue weighted by atomic mass is 10.1. The number of hydrogen-bond acceptors (Lipinski definition) is 2. The van der Waals surface area contributed by atoms with E-state index in [4.69, 9.17) is 0 Å². The number of para-hydroxylation sites is 1. The predicted molar refractivity (Wildman–Crippen MR) is 65.5 cm³/mol. The second kappa shape index (κ2) is 4.56. The molecule has 0 radical (unpaired) electrons. The Bertz CT molecular complexity index is 362. The van der Waals surface area contributed by atoms with Crippen molar-refractivity contribution < 1.29 is 4.79 Å². The van der Waals surface area contributed by atoms with Gasteiger partial charge in [0.1, 0.15) is 0 Å². The molecule has 0 fully saturated rings. The smallest absolute Gasteiger partial charge is 0.222 e. The van der Waals surface area contributed by atoms with Crippen molar-refractivity contribution in [2.24, 2.45) is 0 Å². The van der Waals surface area contributed by atoms with E-state index in [2.05, 4.69) is 23.5 Å². The number of carbonyl (C=O) groups excluding carboxylic acids is 1. The Morgan fingerprint density at radius 2 is 2.19 bits per heavy atom. The fourth-order valence-corrected chi connectivity index (χ4v) is 2.07. The maximum Gasteiger partial charge on any atom is 0.222 e. The number of nitrogens with one attached hydrogen (secondary N) is 1. The molecule has 1 aliphatic rings. The summed E-state index contributed by atoms with van der Waals surface area (Å²) in [4.78, 5) is 13.1. The third-order valence-corrected chi connectivity index (χ3v) is 3.05. The minimum absolute atomic E-state index is 0.206. The first kappa shape index (κ1) is 11.0. The van der Waals surface area contributed by atoms with E-state index >= 15 is 0 Å². The van der Waals surface area contributed by atoms with E-state index in [1.54, 1.807) is 19.0 Å². The quantitative estimate of drug-likeness (QED) is 0.840. The van der Waals surface area contributed by atoms with Gasteiger partial charge in [-0.25, -0.2) is 0 Å². The third-order valence-electron chi connectivity index (χ3n) is 3.05. The first-order valence-electron chi connectivity index (χ1n) is 5.71. The molecule has 1 atom stereocenters. The Labute approximate surface area is 96.5 Å². The lowest BCUT2D eigenvalue weighted by Gasteiger charge is -2.13. The van der Waals surface area contributed by atoms with Gasteiger partial charge in [0.05, 0.1) is 0 Å². The second-order valence-electron chi connectivity index (χ2n) is 4.53. The highest BCUT2D eigenvalue weighted by atomic mass is 16.2. The van der Waals surface area contributed by atoms with Crippen LogP contribution in [-0.2, 0) is 11.2 Å². The van der Waals surface area contributed by atoms with E-state index in [0.717, 1.165) is 12.8 Å². The van der Waals surface area contributed by atoms with Gasteiger partial charge in [-0.2, -0.15) is 0 Å². The van der Waals surface area contributed by atoms with Gasteiger partial charge >= 0.3 is 0 Å². The van der Waals surface area contributed by atoms with Crippen LogP contribution in [0.15, 0.2) is 24.3 Å². The van der Waals surface area contributed by atoms with Crippen molar-refractivity contribution in [3.8, 4) is 0 Å². The molecule has 2 rings (SSSR count). The normalized spacial score (nSPS) is 17.8. The Kier molecular flexibility index (Phi) is 3.13. The molecule has 0 saturated heterocycles. The number of benzene rings is 1. The number of carbonyl (C=O) groups is 1. The van der Waals surface area contributed by atoms with Crippen LogP contribution in [0.25, 0.3) is 0 Å². The van der Waals surface area contributed by atoms with E-state index in [-0.39, 0.29) is 5.91 Å². The molecule has 1 aliphatic heterocycles. The summed E-state index contributed by atoms with van der Waals surface area (Å²) < 4.78 is 0. The average Bonchev–Trinajstić information content (AvgIpc) is 2.68. The number of fused-ring (bicyclic) bond motifs is 1. The summed E-state index contributed by atoms with van der Waals surface area (Å²) in [6, 6.07) is 8.77. The van der Waals surface area contributed by atoms with Gasteiger partial charge in [-0.05, 0) is 24.5 Å². The van der Waals surface area contributed by atoms with Crippen LogP contribution in [0.5, 0.6) is 0 Å². The molecule has 3 nitrogen and oxygen atoms in total. The molecule has 0 aromatic heterocycles. The second-order valence-corrected chi connectivity index (χ2v) is 4.53. The molecule has 86 valence electrons. The maximum atomic E-state index is 11.5. The molecule has 1 aromatic rings. The summed E-state index contributed by atoms with van der Waals surface area (Å²) in [5.74, 6) is 0.206. The summed E-state index contributed by atoms with van der Waals surface area (Å²) in [6.07, 6.45) is 2.57. The van der Waals surface area contributed by atoms with Crippen molar-refractivity contribution in [2.75, 3.05) is 19.4 Å². The first-order chi connectivity index (χ1) is 7.66.